The van der Waals surface area contributed by atoms with E-state index in [0.29, 0.717) is 17.5 Å². The molecular formula is C63H41N5. The molecule has 0 saturated carbocycles. The Morgan fingerprint density at radius 3 is 1.26 bits per heavy atom. The molecule has 0 radical (unpaired) electrons. The van der Waals surface area contributed by atoms with Crippen molar-refractivity contribution < 1.29 is 0 Å². The van der Waals surface area contributed by atoms with Crippen LogP contribution in [0.5, 0.6) is 0 Å². The van der Waals surface area contributed by atoms with Crippen LogP contribution in [-0.4, -0.2) is 24.1 Å². The molecule has 13 aromatic rings. The average molecular weight is 868 g/mol. The van der Waals surface area contributed by atoms with Crippen molar-refractivity contribution in [2.75, 3.05) is 0 Å². The van der Waals surface area contributed by atoms with Crippen molar-refractivity contribution in [1.82, 2.24) is 24.1 Å². The number of aromatic nitrogens is 5. The second kappa shape index (κ2) is 16.4. The van der Waals surface area contributed by atoms with Gasteiger partial charge in [-0.25, -0.2) is 15.0 Å². The molecule has 0 unspecified atom stereocenters. The zero-order valence-corrected chi connectivity index (χ0v) is 36.9. The first-order valence-electron chi connectivity index (χ1n) is 23.0. The van der Waals surface area contributed by atoms with Gasteiger partial charge in [0.25, 0.3) is 0 Å². The minimum absolute atomic E-state index is 0.598. The minimum Gasteiger partial charge on any atom is -0.309 e. The summed E-state index contributed by atoms with van der Waals surface area (Å²) in [5, 5.41) is 4.82. The summed E-state index contributed by atoms with van der Waals surface area (Å²) in [6.45, 7) is 0. The van der Waals surface area contributed by atoms with Gasteiger partial charge < -0.3 is 9.13 Å². The van der Waals surface area contributed by atoms with Crippen LogP contribution in [0.3, 0.4) is 0 Å². The lowest BCUT2D eigenvalue weighted by Gasteiger charge is -2.16. The molecule has 0 aliphatic carbocycles. The van der Waals surface area contributed by atoms with E-state index in [1.165, 1.54) is 38.1 Å². The molecule has 0 fully saturated rings. The van der Waals surface area contributed by atoms with E-state index in [-0.39, 0.29) is 0 Å². The minimum atomic E-state index is 0.598. The van der Waals surface area contributed by atoms with Crippen LogP contribution in [0.4, 0.5) is 0 Å². The molecule has 0 saturated heterocycles. The van der Waals surface area contributed by atoms with Gasteiger partial charge in [-0.05, 0) is 81.9 Å². The highest BCUT2D eigenvalue weighted by molar-refractivity contribution is 6.13. The van der Waals surface area contributed by atoms with Crippen LogP contribution in [0.1, 0.15) is 0 Å². The number of rotatable bonds is 8. The van der Waals surface area contributed by atoms with Gasteiger partial charge in [-0.1, -0.05) is 200 Å². The number of benzene rings is 10. The predicted molar refractivity (Wildman–Crippen MR) is 281 cm³/mol. The Morgan fingerprint density at radius 1 is 0.221 bits per heavy atom. The van der Waals surface area contributed by atoms with Crippen molar-refractivity contribution >= 4 is 43.6 Å². The van der Waals surface area contributed by atoms with Gasteiger partial charge in [0.1, 0.15) is 0 Å². The fraction of sp³-hybridized carbons (Fsp3) is 0. The SMILES string of the molecule is c1ccc(-c2ccc(-c3nc(-c4ccccc4)nc(-c4cc(-n5c6ccc(-n7c8ccccc8c8ccccc87)cc6c6ccc(-c7ccccc7)cc65)ccc4-c4ccccc4)n3)cc2)cc1. The molecular weight excluding hydrogens is 827 g/mol. The fourth-order valence-electron chi connectivity index (χ4n) is 9.95. The Hall–Kier alpha value is -9.19. The Balaban J connectivity index is 1.05. The Bertz CT molecular complexity index is 3930. The molecule has 13 rings (SSSR count). The monoisotopic (exact) mass is 867 g/mol. The zero-order chi connectivity index (χ0) is 45.0. The molecule has 0 aliphatic heterocycles. The number of fused-ring (bicyclic) bond motifs is 6. The summed E-state index contributed by atoms with van der Waals surface area (Å²) >= 11 is 0. The van der Waals surface area contributed by atoms with E-state index in [1.807, 2.05) is 24.3 Å². The summed E-state index contributed by atoms with van der Waals surface area (Å²) in [6.07, 6.45) is 0. The van der Waals surface area contributed by atoms with Gasteiger partial charge in [-0.3, -0.25) is 0 Å². The molecule has 0 amide bonds. The van der Waals surface area contributed by atoms with E-state index >= 15 is 0 Å². The predicted octanol–water partition coefficient (Wildman–Crippen LogP) is 16.1. The number of hydrogen-bond donors (Lipinski definition) is 0. The van der Waals surface area contributed by atoms with Gasteiger partial charge in [-0.2, -0.15) is 0 Å². The van der Waals surface area contributed by atoms with Crippen LogP contribution in [0.2, 0.25) is 0 Å². The van der Waals surface area contributed by atoms with Crippen molar-refractivity contribution in [3.8, 4) is 78.9 Å². The zero-order valence-electron chi connectivity index (χ0n) is 36.9. The molecule has 0 atom stereocenters. The first kappa shape index (κ1) is 39.2. The van der Waals surface area contributed by atoms with Crippen LogP contribution in [0.25, 0.3) is 123 Å². The summed E-state index contributed by atoms with van der Waals surface area (Å²) < 4.78 is 4.81. The molecule has 0 bridgehead atoms. The quantitative estimate of drug-likeness (QED) is 0.153. The molecule has 3 aromatic heterocycles. The van der Waals surface area contributed by atoms with Crippen molar-refractivity contribution in [3.05, 3.63) is 249 Å². The van der Waals surface area contributed by atoms with Crippen LogP contribution < -0.4 is 0 Å². The Morgan fingerprint density at radius 2 is 0.632 bits per heavy atom. The van der Waals surface area contributed by atoms with Crippen LogP contribution in [0.15, 0.2) is 249 Å². The third-order valence-electron chi connectivity index (χ3n) is 13.2. The molecule has 3 heterocycles. The summed E-state index contributed by atoms with van der Waals surface area (Å²) in [5.41, 5.74) is 16.2. The summed E-state index contributed by atoms with van der Waals surface area (Å²) in [4.78, 5) is 15.8. The smallest absolute Gasteiger partial charge is 0.164 e. The van der Waals surface area contributed by atoms with Gasteiger partial charge in [0.15, 0.2) is 17.5 Å². The fourth-order valence-corrected chi connectivity index (χ4v) is 9.95. The van der Waals surface area contributed by atoms with Gasteiger partial charge >= 0.3 is 0 Å². The lowest BCUT2D eigenvalue weighted by molar-refractivity contribution is 1.07. The maximum absolute atomic E-state index is 5.34. The first-order valence-corrected chi connectivity index (χ1v) is 23.0. The van der Waals surface area contributed by atoms with Crippen molar-refractivity contribution in [3.63, 3.8) is 0 Å². The lowest BCUT2D eigenvalue weighted by atomic mass is 9.98. The molecule has 0 N–H and O–H groups in total. The summed E-state index contributed by atoms with van der Waals surface area (Å²) in [6, 6.07) is 88.3. The molecule has 0 spiro atoms. The Kier molecular flexibility index (Phi) is 9.43. The average Bonchev–Trinajstić information content (AvgIpc) is 3.94. The topological polar surface area (TPSA) is 48.5 Å². The largest absolute Gasteiger partial charge is 0.309 e. The van der Waals surface area contributed by atoms with E-state index < -0.39 is 0 Å². The molecule has 10 aromatic carbocycles. The van der Waals surface area contributed by atoms with E-state index in [1.54, 1.807) is 0 Å². The summed E-state index contributed by atoms with van der Waals surface area (Å²) in [7, 11) is 0. The maximum Gasteiger partial charge on any atom is 0.164 e. The highest BCUT2D eigenvalue weighted by Crippen LogP contribution is 2.41. The normalized spacial score (nSPS) is 11.5. The third-order valence-corrected chi connectivity index (χ3v) is 13.2. The van der Waals surface area contributed by atoms with Crippen molar-refractivity contribution in [2.45, 2.75) is 0 Å². The Labute approximate surface area is 393 Å². The highest BCUT2D eigenvalue weighted by Gasteiger charge is 2.21. The van der Waals surface area contributed by atoms with E-state index in [2.05, 4.69) is 234 Å². The van der Waals surface area contributed by atoms with Crippen molar-refractivity contribution in [1.29, 1.82) is 0 Å². The van der Waals surface area contributed by atoms with Crippen LogP contribution >= 0.6 is 0 Å². The van der Waals surface area contributed by atoms with E-state index in [4.69, 9.17) is 15.0 Å². The van der Waals surface area contributed by atoms with E-state index in [9.17, 15) is 0 Å². The van der Waals surface area contributed by atoms with Crippen LogP contribution in [-0.2, 0) is 0 Å². The lowest BCUT2D eigenvalue weighted by Crippen LogP contribution is -2.02. The molecule has 318 valence electrons. The maximum atomic E-state index is 5.34. The highest BCUT2D eigenvalue weighted by atomic mass is 15.0. The van der Waals surface area contributed by atoms with Gasteiger partial charge in [0.2, 0.25) is 0 Å². The molecule has 0 aliphatic rings. The van der Waals surface area contributed by atoms with Gasteiger partial charge in [0.05, 0.1) is 22.1 Å². The molecule has 5 nitrogen and oxygen atoms in total. The van der Waals surface area contributed by atoms with Gasteiger partial charge in [0, 0.05) is 49.6 Å². The second-order valence-corrected chi connectivity index (χ2v) is 17.2. The molecule has 68 heavy (non-hydrogen) atoms. The number of nitrogens with zero attached hydrogens (tertiary/aromatic N) is 5. The number of hydrogen-bond acceptors (Lipinski definition) is 3. The standard InChI is InChI=1S/C63H41N5/c1-5-17-42(18-6-1)44-29-31-47(32-30-44)62-64-61(46-23-11-4-12-24-46)65-63(66-62)56-41-49(34-37-51(56)45-21-9-3-10-22-45)68-59-38-35-50(67-57-27-15-13-25-52(57)53-26-14-16-28-58(53)67)40-55(59)54-36-33-48(39-60(54)68)43-19-7-2-8-20-43/h1-41H. The second-order valence-electron chi connectivity index (χ2n) is 17.2. The molecule has 5 heteroatoms. The van der Waals surface area contributed by atoms with Crippen molar-refractivity contribution in [2.24, 2.45) is 0 Å². The number of para-hydroxylation sites is 2. The van der Waals surface area contributed by atoms with Crippen LogP contribution in [0, 0.1) is 0 Å². The third kappa shape index (κ3) is 6.76. The van der Waals surface area contributed by atoms with Gasteiger partial charge in [-0.15, -0.1) is 0 Å². The first-order chi connectivity index (χ1) is 33.7. The van der Waals surface area contributed by atoms with E-state index in [0.717, 1.165) is 66.9 Å². The summed E-state index contributed by atoms with van der Waals surface area (Å²) in [5.74, 6) is 1.82.